The van der Waals surface area contributed by atoms with E-state index in [-0.39, 0.29) is 6.10 Å². The number of aliphatic imine (C=N–C) groups is 1. The van der Waals surface area contributed by atoms with Gasteiger partial charge in [0.15, 0.2) is 5.96 Å². The highest BCUT2D eigenvalue weighted by atomic mass is 16.3. The molecule has 2 heterocycles. The Morgan fingerprint density at radius 2 is 1.70 bits per heavy atom. The number of aliphatic hydroxyl groups is 1. The summed E-state index contributed by atoms with van der Waals surface area (Å²) in [4.78, 5) is 9.19. The first-order valence-corrected chi connectivity index (χ1v) is 8.21. The lowest BCUT2D eigenvalue weighted by atomic mass is 10.1. The van der Waals surface area contributed by atoms with Gasteiger partial charge >= 0.3 is 0 Å². The number of nitrogens with zero attached hydrogens (tertiary/aromatic N) is 3. The molecule has 0 saturated carbocycles. The molecule has 0 radical (unpaired) electrons. The molecule has 0 unspecified atom stereocenters. The van der Waals surface area contributed by atoms with E-state index in [1.54, 1.807) is 0 Å². The van der Waals surface area contributed by atoms with Crippen LogP contribution in [0.1, 0.15) is 44.9 Å². The number of hydrogen-bond acceptors (Lipinski definition) is 3. The zero-order valence-corrected chi connectivity index (χ0v) is 12.6. The summed E-state index contributed by atoms with van der Waals surface area (Å²) in [6.45, 7) is 6.07. The minimum Gasteiger partial charge on any atom is -0.393 e. The molecule has 0 aromatic rings. The summed E-state index contributed by atoms with van der Waals surface area (Å²) in [6, 6.07) is 0. The lowest BCUT2D eigenvalue weighted by molar-refractivity contribution is 0.0824. The maximum Gasteiger partial charge on any atom is 0.191 e. The molecule has 116 valence electrons. The van der Waals surface area contributed by atoms with Gasteiger partial charge < -0.3 is 20.6 Å². The van der Waals surface area contributed by atoms with E-state index in [4.69, 9.17) is 5.73 Å². The molecule has 0 bridgehead atoms. The Bertz CT molecular complexity index is 292. The van der Waals surface area contributed by atoms with Gasteiger partial charge in [-0.3, -0.25) is 4.99 Å². The van der Waals surface area contributed by atoms with Gasteiger partial charge in [0.05, 0.1) is 6.10 Å². The molecule has 2 fully saturated rings. The van der Waals surface area contributed by atoms with E-state index in [1.165, 1.54) is 25.7 Å². The lowest BCUT2D eigenvalue weighted by Crippen LogP contribution is -2.38. The van der Waals surface area contributed by atoms with Crippen molar-refractivity contribution < 1.29 is 5.11 Å². The predicted octanol–water partition coefficient (Wildman–Crippen LogP) is 1.02. The molecule has 2 rings (SSSR count). The Balaban J connectivity index is 1.62. The van der Waals surface area contributed by atoms with Gasteiger partial charge in [-0.2, -0.15) is 0 Å². The van der Waals surface area contributed by atoms with Gasteiger partial charge in [0.1, 0.15) is 0 Å². The van der Waals surface area contributed by atoms with E-state index >= 15 is 0 Å². The second-order valence-corrected chi connectivity index (χ2v) is 6.07. The van der Waals surface area contributed by atoms with Crippen LogP contribution in [0.15, 0.2) is 4.99 Å². The number of likely N-dealkylation sites (tertiary alicyclic amines) is 2. The smallest absolute Gasteiger partial charge is 0.191 e. The van der Waals surface area contributed by atoms with Gasteiger partial charge in [0.25, 0.3) is 0 Å². The van der Waals surface area contributed by atoms with Crippen molar-refractivity contribution in [2.45, 2.75) is 51.0 Å². The predicted molar refractivity (Wildman–Crippen MR) is 82.8 cm³/mol. The van der Waals surface area contributed by atoms with Crippen LogP contribution in [-0.4, -0.2) is 66.2 Å². The summed E-state index contributed by atoms with van der Waals surface area (Å²) in [5.74, 6) is 0.737. The molecule has 0 aliphatic carbocycles. The molecule has 0 atom stereocenters. The van der Waals surface area contributed by atoms with Crippen molar-refractivity contribution in [3.8, 4) is 0 Å². The van der Waals surface area contributed by atoms with E-state index in [1.807, 2.05) is 0 Å². The number of hydrogen-bond donors (Lipinski definition) is 2. The second-order valence-electron chi connectivity index (χ2n) is 6.07. The highest BCUT2D eigenvalue weighted by Gasteiger charge is 2.16. The Labute approximate surface area is 122 Å². The molecule has 2 saturated heterocycles. The molecular formula is C15H30N4O. The summed E-state index contributed by atoms with van der Waals surface area (Å²) in [5.41, 5.74) is 6.08. The standard InChI is InChI=1S/C15H30N4O/c16-15(19-10-3-1-2-4-11-19)17-8-5-9-18-12-6-14(20)7-13-18/h14,20H,1-13H2,(H2,16,17). The van der Waals surface area contributed by atoms with Crippen molar-refractivity contribution in [1.82, 2.24) is 9.80 Å². The van der Waals surface area contributed by atoms with Gasteiger partial charge in [-0.25, -0.2) is 0 Å². The van der Waals surface area contributed by atoms with E-state index < -0.39 is 0 Å². The first-order valence-electron chi connectivity index (χ1n) is 8.21. The SMILES string of the molecule is NC(=NCCCN1CCC(O)CC1)N1CCCCCC1. The average Bonchev–Trinajstić information content (AvgIpc) is 2.74. The molecule has 2 aliphatic rings. The van der Waals surface area contributed by atoms with Crippen LogP contribution >= 0.6 is 0 Å². The fourth-order valence-corrected chi connectivity index (χ4v) is 3.03. The fourth-order valence-electron chi connectivity index (χ4n) is 3.03. The van der Waals surface area contributed by atoms with E-state index in [0.29, 0.717) is 0 Å². The first-order chi connectivity index (χ1) is 9.75. The second kappa shape index (κ2) is 8.47. The minimum atomic E-state index is -0.0806. The maximum atomic E-state index is 9.47. The molecule has 0 aromatic heterocycles. The molecular weight excluding hydrogens is 252 g/mol. The van der Waals surface area contributed by atoms with Gasteiger partial charge in [-0.15, -0.1) is 0 Å². The third-order valence-corrected chi connectivity index (χ3v) is 4.39. The topological polar surface area (TPSA) is 65.1 Å². The van der Waals surface area contributed by atoms with Gasteiger partial charge in [0.2, 0.25) is 0 Å². The molecule has 0 aromatic carbocycles. The normalized spacial score (nSPS) is 23.9. The number of piperidine rings is 1. The molecule has 2 aliphatic heterocycles. The van der Waals surface area contributed by atoms with Crippen LogP contribution in [-0.2, 0) is 0 Å². The van der Waals surface area contributed by atoms with Crippen molar-refractivity contribution in [2.75, 3.05) is 39.3 Å². The number of guanidine groups is 1. The first kappa shape index (κ1) is 15.6. The van der Waals surface area contributed by atoms with Gasteiger partial charge in [-0.05, 0) is 38.6 Å². The summed E-state index contributed by atoms with van der Waals surface area (Å²) < 4.78 is 0. The Hall–Kier alpha value is -0.810. The van der Waals surface area contributed by atoms with Crippen LogP contribution in [0.3, 0.4) is 0 Å². The van der Waals surface area contributed by atoms with Crippen LogP contribution in [0, 0.1) is 0 Å². The summed E-state index contributed by atoms with van der Waals surface area (Å²) in [6.07, 6.45) is 7.94. The molecule has 5 nitrogen and oxygen atoms in total. The molecule has 3 N–H and O–H groups in total. The largest absolute Gasteiger partial charge is 0.393 e. The zero-order valence-electron chi connectivity index (χ0n) is 12.6. The highest BCUT2D eigenvalue weighted by molar-refractivity contribution is 5.78. The molecule has 5 heteroatoms. The molecule has 0 amide bonds. The van der Waals surface area contributed by atoms with Crippen LogP contribution in [0.5, 0.6) is 0 Å². The van der Waals surface area contributed by atoms with Crippen LogP contribution in [0.4, 0.5) is 0 Å². The van der Waals surface area contributed by atoms with E-state index in [2.05, 4.69) is 14.8 Å². The molecule has 20 heavy (non-hydrogen) atoms. The Kier molecular flexibility index (Phi) is 6.60. The van der Waals surface area contributed by atoms with Crippen molar-refractivity contribution in [2.24, 2.45) is 10.7 Å². The van der Waals surface area contributed by atoms with Crippen molar-refractivity contribution in [3.05, 3.63) is 0 Å². The molecule has 0 spiro atoms. The fraction of sp³-hybridized carbons (Fsp3) is 0.933. The summed E-state index contributed by atoms with van der Waals surface area (Å²) in [5, 5.41) is 9.47. The van der Waals surface area contributed by atoms with E-state index in [0.717, 1.165) is 64.5 Å². The maximum absolute atomic E-state index is 9.47. The quantitative estimate of drug-likeness (QED) is 0.459. The monoisotopic (exact) mass is 282 g/mol. The van der Waals surface area contributed by atoms with Crippen LogP contribution < -0.4 is 5.73 Å². The number of nitrogens with two attached hydrogens (primary N) is 1. The van der Waals surface area contributed by atoms with Gasteiger partial charge in [0, 0.05) is 32.7 Å². The highest BCUT2D eigenvalue weighted by Crippen LogP contribution is 2.10. The third kappa shape index (κ3) is 5.29. The van der Waals surface area contributed by atoms with Crippen molar-refractivity contribution >= 4 is 5.96 Å². The lowest BCUT2D eigenvalue weighted by Gasteiger charge is -2.29. The zero-order chi connectivity index (χ0) is 14.2. The van der Waals surface area contributed by atoms with Crippen LogP contribution in [0.2, 0.25) is 0 Å². The average molecular weight is 282 g/mol. The van der Waals surface area contributed by atoms with Crippen LogP contribution in [0.25, 0.3) is 0 Å². The van der Waals surface area contributed by atoms with E-state index in [9.17, 15) is 5.11 Å². The van der Waals surface area contributed by atoms with Crippen molar-refractivity contribution in [1.29, 1.82) is 0 Å². The minimum absolute atomic E-state index is 0.0806. The number of rotatable bonds is 4. The summed E-state index contributed by atoms with van der Waals surface area (Å²) >= 11 is 0. The Morgan fingerprint density at radius 1 is 1.05 bits per heavy atom. The van der Waals surface area contributed by atoms with Gasteiger partial charge in [-0.1, -0.05) is 12.8 Å². The third-order valence-electron chi connectivity index (χ3n) is 4.39. The van der Waals surface area contributed by atoms with Crippen molar-refractivity contribution in [3.63, 3.8) is 0 Å². The summed E-state index contributed by atoms with van der Waals surface area (Å²) in [7, 11) is 0. The Morgan fingerprint density at radius 3 is 2.35 bits per heavy atom. The number of aliphatic hydroxyl groups excluding tert-OH is 1.